The quantitative estimate of drug-likeness (QED) is 0.847. The number of hydrogen-bond donors (Lipinski definition) is 2. The molecule has 1 aliphatic rings. The molecule has 0 bridgehead atoms. The molecular formula is C14H22N4O2. The predicted molar refractivity (Wildman–Crippen MR) is 78.3 cm³/mol. The third-order valence-electron chi connectivity index (χ3n) is 3.70. The number of aryl methyl sites for hydroxylation is 1. The van der Waals surface area contributed by atoms with Crippen LogP contribution in [-0.2, 0) is 0 Å². The van der Waals surface area contributed by atoms with Gasteiger partial charge in [0.05, 0.1) is 5.56 Å². The van der Waals surface area contributed by atoms with E-state index >= 15 is 0 Å². The van der Waals surface area contributed by atoms with Gasteiger partial charge in [-0.25, -0.2) is 9.78 Å². The lowest BCUT2D eigenvalue weighted by molar-refractivity contribution is 0.0696. The van der Waals surface area contributed by atoms with Crippen LogP contribution >= 0.6 is 0 Å². The van der Waals surface area contributed by atoms with Crippen LogP contribution in [0.3, 0.4) is 0 Å². The summed E-state index contributed by atoms with van der Waals surface area (Å²) in [5, 5.41) is 12.3. The Kier molecular flexibility index (Phi) is 4.57. The summed E-state index contributed by atoms with van der Waals surface area (Å²) in [6.45, 7) is 5.69. The second kappa shape index (κ2) is 6.19. The van der Waals surface area contributed by atoms with Crippen molar-refractivity contribution < 1.29 is 9.90 Å². The first-order chi connectivity index (χ1) is 9.45. The van der Waals surface area contributed by atoms with Gasteiger partial charge in [0.2, 0.25) is 0 Å². The Labute approximate surface area is 119 Å². The van der Waals surface area contributed by atoms with E-state index in [-0.39, 0.29) is 5.56 Å². The summed E-state index contributed by atoms with van der Waals surface area (Å²) in [5.74, 6) is -0.294. The summed E-state index contributed by atoms with van der Waals surface area (Å²) in [6, 6.07) is 3.57. The van der Waals surface area contributed by atoms with E-state index in [1.807, 2.05) is 0 Å². The molecule has 6 heteroatoms. The molecular weight excluding hydrogens is 256 g/mol. The van der Waals surface area contributed by atoms with Gasteiger partial charge in [-0.1, -0.05) is 0 Å². The molecule has 1 aromatic heterocycles. The molecule has 110 valence electrons. The molecule has 2 heterocycles. The number of aromatic nitrogens is 1. The third-order valence-corrected chi connectivity index (χ3v) is 3.70. The van der Waals surface area contributed by atoms with Gasteiger partial charge in [-0.05, 0) is 33.2 Å². The Morgan fingerprint density at radius 2 is 2.20 bits per heavy atom. The number of carbonyl (C=O) groups is 1. The molecule has 0 aliphatic carbocycles. The van der Waals surface area contributed by atoms with Crippen LogP contribution in [0.1, 0.15) is 16.1 Å². The lowest BCUT2D eigenvalue weighted by Gasteiger charge is -2.37. The van der Waals surface area contributed by atoms with E-state index in [0.29, 0.717) is 17.6 Å². The maximum atomic E-state index is 11.0. The number of nitrogens with zero attached hydrogens (tertiary/aromatic N) is 3. The van der Waals surface area contributed by atoms with E-state index < -0.39 is 5.97 Å². The van der Waals surface area contributed by atoms with Crippen LogP contribution in [-0.4, -0.2) is 72.2 Å². The Hall–Kier alpha value is -1.66. The van der Waals surface area contributed by atoms with Crippen molar-refractivity contribution in [3.8, 4) is 0 Å². The fourth-order valence-corrected chi connectivity index (χ4v) is 2.43. The molecule has 6 nitrogen and oxygen atoms in total. The standard InChI is InChI=1S/C14H22N4O2/c1-10-6-11(14(19)20)7-13(16-10)15-8-12-9-17(2)4-5-18(12)3/h6-7,12H,4-5,8-9H2,1-3H3,(H,15,16)(H,19,20). The highest BCUT2D eigenvalue weighted by Gasteiger charge is 2.21. The molecule has 0 spiro atoms. The van der Waals surface area contributed by atoms with Crippen molar-refractivity contribution >= 4 is 11.8 Å². The van der Waals surface area contributed by atoms with Crippen molar-refractivity contribution in [3.63, 3.8) is 0 Å². The summed E-state index contributed by atoms with van der Waals surface area (Å²) in [6.07, 6.45) is 0. The highest BCUT2D eigenvalue weighted by atomic mass is 16.4. The van der Waals surface area contributed by atoms with E-state index in [1.165, 1.54) is 0 Å². The molecule has 1 saturated heterocycles. The Morgan fingerprint density at radius 1 is 1.45 bits per heavy atom. The van der Waals surface area contributed by atoms with Gasteiger partial charge in [0.1, 0.15) is 5.82 Å². The second-order valence-corrected chi connectivity index (χ2v) is 5.47. The zero-order valence-corrected chi connectivity index (χ0v) is 12.3. The van der Waals surface area contributed by atoms with Gasteiger partial charge in [-0.15, -0.1) is 0 Å². The minimum Gasteiger partial charge on any atom is -0.478 e. The topological polar surface area (TPSA) is 68.7 Å². The largest absolute Gasteiger partial charge is 0.478 e. The summed E-state index contributed by atoms with van der Waals surface area (Å²) >= 11 is 0. The minimum absolute atomic E-state index is 0.272. The summed E-state index contributed by atoms with van der Waals surface area (Å²) in [5.41, 5.74) is 0.982. The molecule has 0 aromatic carbocycles. The zero-order valence-electron chi connectivity index (χ0n) is 12.3. The molecule has 1 aromatic rings. The lowest BCUT2D eigenvalue weighted by atomic mass is 10.2. The second-order valence-electron chi connectivity index (χ2n) is 5.47. The Morgan fingerprint density at radius 3 is 2.90 bits per heavy atom. The van der Waals surface area contributed by atoms with Crippen molar-refractivity contribution in [2.24, 2.45) is 0 Å². The molecule has 2 N–H and O–H groups in total. The number of nitrogens with one attached hydrogen (secondary N) is 1. The first-order valence-electron chi connectivity index (χ1n) is 6.80. The normalized spacial score (nSPS) is 20.9. The molecule has 0 amide bonds. The number of hydrogen-bond acceptors (Lipinski definition) is 5. The van der Waals surface area contributed by atoms with Gasteiger partial charge in [0.15, 0.2) is 0 Å². The number of pyridine rings is 1. The fraction of sp³-hybridized carbons (Fsp3) is 0.571. The Balaban J connectivity index is 2.01. The van der Waals surface area contributed by atoms with Crippen LogP contribution in [0.2, 0.25) is 0 Å². The van der Waals surface area contributed by atoms with Crippen LogP contribution in [0, 0.1) is 6.92 Å². The maximum Gasteiger partial charge on any atom is 0.335 e. The van der Waals surface area contributed by atoms with Crippen molar-refractivity contribution in [1.82, 2.24) is 14.8 Å². The first kappa shape index (κ1) is 14.7. The van der Waals surface area contributed by atoms with Crippen LogP contribution in [0.5, 0.6) is 0 Å². The molecule has 1 atom stereocenters. The number of aromatic carboxylic acids is 1. The van der Waals surface area contributed by atoms with Crippen molar-refractivity contribution in [3.05, 3.63) is 23.4 Å². The van der Waals surface area contributed by atoms with Gasteiger partial charge in [0.25, 0.3) is 0 Å². The number of carboxylic acids is 1. The minimum atomic E-state index is -0.923. The van der Waals surface area contributed by atoms with Crippen LogP contribution in [0.4, 0.5) is 5.82 Å². The number of carboxylic acid groups (broad SMARTS) is 1. The van der Waals surface area contributed by atoms with Crippen molar-refractivity contribution in [2.45, 2.75) is 13.0 Å². The molecule has 1 unspecified atom stereocenters. The average molecular weight is 278 g/mol. The molecule has 0 radical (unpaired) electrons. The van der Waals surface area contributed by atoms with Gasteiger partial charge >= 0.3 is 5.97 Å². The van der Waals surface area contributed by atoms with Crippen molar-refractivity contribution in [2.75, 3.05) is 45.6 Å². The predicted octanol–water partition coefficient (Wildman–Crippen LogP) is 0.746. The number of piperazine rings is 1. The lowest BCUT2D eigenvalue weighted by Crippen LogP contribution is -2.52. The molecule has 20 heavy (non-hydrogen) atoms. The summed E-state index contributed by atoms with van der Waals surface area (Å²) in [4.78, 5) is 20.0. The molecule has 0 saturated carbocycles. The Bertz CT molecular complexity index is 492. The monoisotopic (exact) mass is 278 g/mol. The SMILES string of the molecule is Cc1cc(C(=O)O)cc(NCC2CN(C)CCN2C)n1. The third kappa shape index (κ3) is 3.68. The molecule has 1 aliphatic heterocycles. The zero-order chi connectivity index (χ0) is 14.7. The summed E-state index contributed by atoms with van der Waals surface area (Å²) < 4.78 is 0. The van der Waals surface area contributed by atoms with E-state index in [4.69, 9.17) is 5.11 Å². The summed E-state index contributed by atoms with van der Waals surface area (Å²) in [7, 11) is 4.24. The van der Waals surface area contributed by atoms with Gasteiger partial charge in [-0.3, -0.25) is 4.90 Å². The highest BCUT2D eigenvalue weighted by Crippen LogP contribution is 2.12. The number of anilines is 1. The first-order valence-corrected chi connectivity index (χ1v) is 6.80. The van der Waals surface area contributed by atoms with E-state index in [9.17, 15) is 4.79 Å². The van der Waals surface area contributed by atoms with E-state index in [2.05, 4.69) is 34.2 Å². The van der Waals surface area contributed by atoms with Crippen molar-refractivity contribution in [1.29, 1.82) is 0 Å². The molecule has 2 rings (SSSR count). The van der Waals surface area contributed by atoms with Gasteiger partial charge in [-0.2, -0.15) is 0 Å². The van der Waals surface area contributed by atoms with Gasteiger partial charge in [0, 0.05) is 37.9 Å². The van der Waals surface area contributed by atoms with E-state index in [1.54, 1.807) is 19.1 Å². The molecule has 1 fully saturated rings. The number of rotatable bonds is 4. The van der Waals surface area contributed by atoms with Crippen LogP contribution in [0.15, 0.2) is 12.1 Å². The highest BCUT2D eigenvalue weighted by molar-refractivity contribution is 5.88. The van der Waals surface area contributed by atoms with Crippen LogP contribution < -0.4 is 5.32 Å². The maximum absolute atomic E-state index is 11.0. The smallest absolute Gasteiger partial charge is 0.335 e. The number of likely N-dealkylation sites (N-methyl/N-ethyl adjacent to an activating group) is 2. The average Bonchev–Trinajstić information content (AvgIpc) is 2.39. The van der Waals surface area contributed by atoms with E-state index in [0.717, 1.165) is 26.2 Å². The van der Waals surface area contributed by atoms with Gasteiger partial charge < -0.3 is 15.3 Å². The van der Waals surface area contributed by atoms with Crippen LogP contribution in [0.25, 0.3) is 0 Å². The fourth-order valence-electron chi connectivity index (χ4n) is 2.43.